The summed E-state index contributed by atoms with van der Waals surface area (Å²) in [7, 11) is 1.75. The topological polar surface area (TPSA) is 27.7 Å². The van der Waals surface area contributed by atoms with Crippen molar-refractivity contribution in [2.45, 2.75) is 39.2 Å². The van der Waals surface area contributed by atoms with Gasteiger partial charge in [-0.2, -0.15) is 0 Å². The summed E-state index contributed by atoms with van der Waals surface area (Å²) in [6.07, 6.45) is 3.94. The van der Waals surface area contributed by atoms with E-state index in [1.807, 2.05) is 0 Å². The van der Waals surface area contributed by atoms with E-state index in [2.05, 4.69) is 29.0 Å². The highest BCUT2D eigenvalue weighted by Crippen LogP contribution is 2.15. The molecule has 0 spiro atoms. The summed E-state index contributed by atoms with van der Waals surface area (Å²) in [6, 6.07) is 0.801. The van der Waals surface area contributed by atoms with Gasteiger partial charge in [0, 0.05) is 26.2 Å². The van der Waals surface area contributed by atoms with E-state index in [1.54, 1.807) is 7.11 Å². The van der Waals surface area contributed by atoms with Gasteiger partial charge in [0.15, 0.2) is 0 Å². The summed E-state index contributed by atoms with van der Waals surface area (Å²) in [4.78, 5) is 5.24. The molecule has 1 aliphatic heterocycles. The van der Waals surface area contributed by atoms with E-state index in [0.717, 1.165) is 25.7 Å². The number of hydrogen-bond donors (Lipinski definition) is 1. The maximum Gasteiger partial charge on any atom is 0.0587 e. The van der Waals surface area contributed by atoms with Gasteiger partial charge in [0.1, 0.15) is 0 Å². The first kappa shape index (κ1) is 16.9. The normalized spacial score (nSPS) is 20.5. The van der Waals surface area contributed by atoms with Crippen molar-refractivity contribution in [3.63, 3.8) is 0 Å². The van der Waals surface area contributed by atoms with Crippen molar-refractivity contribution in [1.82, 2.24) is 15.1 Å². The number of nitrogens with zero attached hydrogens (tertiary/aromatic N) is 2. The molecule has 1 atom stereocenters. The lowest BCUT2D eigenvalue weighted by atomic mass is 10.2. The Morgan fingerprint density at radius 2 is 2.00 bits per heavy atom. The van der Waals surface area contributed by atoms with Crippen LogP contribution in [-0.2, 0) is 4.74 Å². The first-order chi connectivity index (χ1) is 9.31. The van der Waals surface area contributed by atoms with Crippen LogP contribution in [0.15, 0.2) is 0 Å². The number of ether oxygens (including phenoxy) is 1. The molecule has 0 saturated carbocycles. The summed E-state index contributed by atoms with van der Waals surface area (Å²) in [5, 5.41) is 3.41. The van der Waals surface area contributed by atoms with Crippen LogP contribution in [0.4, 0.5) is 0 Å². The van der Waals surface area contributed by atoms with Crippen molar-refractivity contribution >= 4 is 0 Å². The lowest BCUT2D eigenvalue weighted by molar-refractivity contribution is 0.198. The number of likely N-dealkylation sites (N-methyl/N-ethyl adjacent to an activating group) is 1. The smallest absolute Gasteiger partial charge is 0.0587 e. The van der Waals surface area contributed by atoms with E-state index in [4.69, 9.17) is 4.74 Å². The minimum atomic E-state index is 0.801. The van der Waals surface area contributed by atoms with E-state index in [9.17, 15) is 0 Å². The highest BCUT2D eigenvalue weighted by atomic mass is 16.5. The average Bonchev–Trinajstić information content (AvgIpc) is 2.88. The molecule has 1 rings (SSSR count). The SMILES string of the molecule is CCN(CC)C1CCN(CCCCNCCOC)C1. The Bertz CT molecular complexity index is 210. The van der Waals surface area contributed by atoms with Crippen molar-refractivity contribution in [3.05, 3.63) is 0 Å². The van der Waals surface area contributed by atoms with E-state index in [1.165, 1.54) is 52.0 Å². The number of unbranched alkanes of at least 4 members (excludes halogenated alkanes) is 1. The Hall–Kier alpha value is -0.160. The van der Waals surface area contributed by atoms with Crippen molar-refractivity contribution in [2.75, 3.05) is 59.5 Å². The van der Waals surface area contributed by atoms with Crippen molar-refractivity contribution < 1.29 is 4.74 Å². The van der Waals surface area contributed by atoms with Gasteiger partial charge in [0.05, 0.1) is 6.61 Å². The first-order valence-corrected chi connectivity index (χ1v) is 7.97. The third-order valence-electron chi connectivity index (χ3n) is 4.14. The molecule has 1 heterocycles. The second-order valence-corrected chi connectivity index (χ2v) is 5.41. The average molecular weight is 271 g/mol. The number of hydrogen-bond acceptors (Lipinski definition) is 4. The van der Waals surface area contributed by atoms with Gasteiger partial charge in [-0.3, -0.25) is 4.90 Å². The molecule has 0 radical (unpaired) electrons. The van der Waals surface area contributed by atoms with Gasteiger partial charge in [-0.1, -0.05) is 13.8 Å². The molecule has 4 heteroatoms. The molecule has 1 N–H and O–H groups in total. The van der Waals surface area contributed by atoms with Crippen LogP contribution in [0.2, 0.25) is 0 Å². The van der Waals surface area contributed by atoms with Gasteiger partial charge in [0.25, 0.3) is 0 Å². The molecule has 1 fully saturated rings. The van der Waals surface area contributed by atoms with Gasteiger partial charge in [-0.05, 0) is 52.0 Å². The number of methoxy groups -OCH3 is 1. The van der Waals surface area contributed by atoms with Gasteiger partial charge < -0.3 is 15.0 Å². The largest absolute Gasteiger partial charge is 0.383 e. The molecule has 1 saturated heterocycles. The minimum Gasteiger partial charge on any atom is -0.383 e. The monoisotopic (exact) mass is 271 g/mol. The summed E-state index contributed by atoms with van der Waals surface area (Å²) in [6.45, 7) is 13.7. The molecule has 1 aliphatic rings. The van der Waals surface area contributed by atoms with Crippen LogP contribution in [0, 0.1) is 0 Å². The molecular formula is C15H33N3O. The van der Waals surface area contributed by atoms with E-state index >= 15 is 0 Å². The quantitative estimate of drug-likeness (QED) is 0.575. The second-order valence-electron chi connectivity index (χ2n) is 5.41. The Kier molecular flexibility index (Phi) is 9.43. The maximum absolute atomic E-state index is 5.01. The molecular weight excluding hydrogens is 238 g/mol. The first-order valence-electron chi connectivity index (χ1n) is 7.97. The molecule has 0 aromatic carbocycles. The van der Waals surface area contributed by atoms with Gasteiger partial charge in [-0.15, -0.1) is 0 Å². The van der Waals surface area contributed by atoms with Crippen LogP contribution >= 0.6 is 0 Å². The van der Waals surface area contributed by atoms with Crippen LogP contribution < -0.4 is 5.32 Å². The van der Waals surface area contributed by atoms with Crippen molar-refractivity contribution in [2.24, 2.45) is 0 Å². The zero-order chi connectivity index (χ0) is 13.9. The molecule has 114 valence electrons. The summed E-state index contributed by atoms with van der Waals surface area (Å²) >= 11 is 0. The fourth-order valence-corrected chi connectivity index (χ4v) is 2.94. The Balaban J connectivity index is 1.99. The Morgan fingerprint density at radius 1 is 1.21 bits per heavy atom. The number of likely N-dealkylation sites (tertiary alicyclic amines) is 1. The molecule has 0 aromatic heterocycles. The van der Waals surface area contributed by atoms with E-state index < -0.39 is 0 Å². The third kappa shape index (κ3) is 6.70. The molecule has 4 nitrogen and oxygen atoms in total. The summed E-state index contributed by atoms with van der Waals surface area (Å²) in [5.74, 6) is 0. The number of nitrogens with one attached hydrogen (secondary N) is 1. The highest BCUT2D eigenvalue weighted by molar-refractivity contribution is 4.82. The van der Waals surface area contributed by atoms with Crippen molar-refractivity contribution in [1.29, 1.82) is 0 Å². The maximum atomic E-state index is 5.01. The molecule has 0 bridgehead atoms. The number of rotatable bonds is 11. The second kappa shape index (κ2) is 10.6. The summed E-state index contributed by atoms with van der Waals surface area (Å²) < 4.78 is 5.01. The lowest BCUT2D eigenvalue weighted by Gasteiger charge is -2.26. The van der Waals surface area contributed by atoms with Gasteiger partial charge >= 0.3 is 0 Å². The fraction of sp³-hybridized carbons (Fsp3) is 1.00. The van der Waals surface area contributed by atoms with Crippen LogP contribution in [0.5, 0.6) is 0 Å². The zero-order valence-electron chi connectivity index (χ0n) is 13.2. The molecule has 1 unspecified atom stereocenters. The van der Waals surface area contributed by atoms with E-state index in [0.29, 0.717) is 0 Å². The minimum absolute atomic E-state index is 0.801. The molecule has 0 aromatic rings. The zero-order valence-corrected chi connectivity index (χ0v) is 13.2. The van der Waals surface area contributed by atoms with Crippen LogP contribution in [0.1, 0.15) is 33.1 Å². The molecule has 19 heavy (non-hydrogen) atoms. The van der Waals surface area contributed by atoms with Crippen molar-refractivity contribution in [3.8, 4) is 0 Å². The van der Waals surface area contributed by atoms with Gasteiger partial charge in [-0.25, -0.2) is 0 Å². The molecule has 0 amide bonds. The predicted molar refractivity (Wildman–Crippen MR) is 81.7 cm³/mol. The molecule has 0 aliphatic carbocycles. The standard InChI is InChI=1S/C15H33N3O/c1-4-18(5-2)15-8-12-17(14-15)11-7-6-9-16-10-13-19-3/h15-16H,4-14H2,1-3H3. The third-order valence-corrected chi connectivity index (χ3v) is 4.14. The van der Waals surface area contributed by atoms with Gasteiger partial charge in [0.2, 0.25) is 0 Å². The van der Waals surface area contributed by atoms with Crippen LogP contribution in [-0.4, -0.2) is 75.4 Å². The highest BCUT2D eigenvalue weighted by Gasteiger charge is 2.25. The predicted octanol–water partition coefficient (Wildman–Crippen LogP) is 1.42. The van der Waals surface area contributed by atoms with Crippen LogP contribution in [0.3, 0.4) is 0 Å². The Labute approximate surface area is 119 Å². The van der Waals surface area contributed by atoms with E-state index in [-0.39, 0.29) is 0 Å². The fourth-order valence-electron chi connectivity index (χ4n) is 2.94. The van der Waals surface area contributed by atoms with Crippen LogP contribution in [0.25, 0.3) is 0 Å². The lowest BCUT2D eigenvalue weighted by Crippen LogP contribution is -2.37. The summed E-state index contributed by atoms with van der Waals surface area (Å²) in [5.41, 5.74) is 0. The Morgan fingerprint density at radius 3 is 2.68 bits per heavy atom.